The van der Waals surface area contributed by atoms with Crippen LogP contribution >= 0.6 is 24.0 Å². The molecule has 1 aromatic carbocycles. The number of benzene rings is 1. The summed E-state index contributed by atoms with van der Waals surface area (Å²) in [6.45, 7) is 10.4. The van der Waals surface area contributed by atoms with Gasteiger partial charge in [0.15, 0.2) is 5.96 Å². The van der Waals surface area contributed by atoms with Crippen molar-refractivity contribution in [2.24, 2.45) is 4.99 Å². The van der Waals surface area contributed by atoms with Crippen molar-refractivity contribution in [3.8, 4) is 0 Å². The van der Waals surface area contributed by atoms with E-state index in [1.807, 2.05) is 52.2 Å². The van der Waals surface area contributed by atoms with Gasteiger partial charge in [-0.05, 0) is 46.2 Å². The first-order chi connectivity index (χ1) is 12.4. The van der Waals surface area contributed by atoms with Gasteiger partial charge in [-0.25, -0.2) is 9.98 Å². The van der Waals surface area contributed by atoms with Gasteiger partial charge in [-0.1, -0.05) is 12.1 Å². The minimum absolute atomic E-state index is 0. The zero-order chi connectivity index (χ0) is 19.0. The first-order valence-corrected chi connectivity index (χ1v) is 9.12. The normalized spacial score (nSPS) is 11.8. The van der Waals surface area contributed by atoms with Crippen molar-refractivity contribution in [2.45, 2.75) is 46.2 Å². The van der Waals surface area contributed by atoms with Crippen LogP contribution in [0.15, 0.2) is 35.6 Å². The third-order valence-corrected chi connectivity index (χ3v) is 3.64. The zero-order valence-electron chi connectivity index (χ0n) is 16.6. The molecule has 0 unspecified atom stereocenters. The first-order valence-electron chi connectivity index (χ1n) is 9.12. The highest BCUT2D eigenvalue weighted by Crippen LogP contribution is 2.11. The van der Waals surface area contributed by atoms with E-state index in [-0.39, 0.29) is 42.0 Å². The van der Waals surface area contributed by atoms with E-state index in [1.54, 1.807) is 0 Å². The summed E-state index contributed by atoms with van der Waals surface area (Å²) in [5, 5.41) is 9.35. The van der Waals surface area contributed by atoms with Crippen LogP contribution in [0.3, 0.4) is 0 Å². The lowest BCUT2D eigenvalue weighted by Crippen LogP contribution is -2.43. The fourth-order valence-electron chi connectivity index (χ4n) is 2.60. The average molecular weight is 486 g/mol. The van der Waals surface area contributed by atoms with Gasteiger partial charge in [0, 0.05) is 25.2 Å². The van der Waals surface area contributed by atoms with Gasteiger partial charge >= 0.3 is 0 Å². The molecule has 7 nitrogen and oxygen atoms in total. The number of nitrogens with one attached hydrogen (secondary N) is 3. The second-order valence-corrected chi connectivity index (χ2v) is 7.20. The van der Waals surface area contributed by atoms with Gasteiger partial charge in [0.1, 0.15) is 6.54 Å². The third-order valence-electron chi connectivity index (χ3n) is 3.64. The predicted octanol–water partition coefficient (Wildman–Crippen LogP) is 2.51. The standard InChI is InChI=1S/C19H30N6O.HI/c1-5-20-18(22-13-17(26)24-19(2,3)4)21-11-8-12-25-14-23-15-9-6-7-10-16(15)25;/h6-7,9-10,14H,5,8,11-13H2,1-4H3,(H,24,26)(H2,20,21,22);1H. The van der Waals surface area contributed by atoms with Gasteiger partial charge in [0.25, 0.3) is 0 Å². The van der Waals surface area contributed by atoms with Gasteiger partial charge in [-0.2, -0.15) is 0 Å². The van der Waals surface area contributed by atoms with E-state index >= 15 is 0 Å². The Morgan fingerprint density at radius 3 is 2.67 bits per heavy atom. The summed E-state index contributed by atoms with van der Waals surface area (Å²) in [6.07, 6.45) is 2.81. The highest BCUT2D eigenvalue weighted by Gasteiger charge is 2.13. The number of guanidine groups is 1. The summed E-state index contributed by atoms with van der Waals surface area (Å²) in [4.78, 5) is 20.6. The first kappa shape index (κ1) is 23.2. The Morgan fingerprint density at radius 1 is 1.22 bits per heavy atom. The summed E-state index contributed by atoms with van der Waals surface area (Å²) in [7, 11) is 0. The van der Waals surface area contributed by atoms with Gasteiger partial charge < -0.3 is 20.5 Å². The smallest absolute Gasteiger partial charge is 0.242 e. The van der Waals surface area contributed by atoms with Crippen LogP contribution < -0.4 is 16.0 Å². The van der Waals surface area contributed by atoms with Gasteiger partial charge in [0.05, 0.1) is 17.4 Å². The Morgan fingerprint density at radius 2 is 1.96 bits per heavy atom. The number of para-hydroxylation sites is 2. The zero-order valence-corrected chi connectivity index (χ0v) is 18.9. The summed E-state index contributed by atoms with van der Waals surface area (Å²) < 4.78 is 2.15. The number of carbonyl (C=O) groups excluding carboxylic acids is 1. The number of carbonyl (C=O) groups is 1. The molecule has 0 saturated carbocycles. The molecule has 1 aromatic heterocycles. The number of amides is 1. The number of hydrogen-bond acceptors (Lipinski definition) is 3. The van der Waals surface area contributed by atoms with Crippen LogP contribution in [0.5, 0.6) is 0 Å². The van der Waals surface area contributed by atoms with Crippen LogP contribution in [-0.4, -0.2) is 46.6 Å². The number of aryl methyl sites for hydroxylation is 1. The Hall–Kier alpha value is -1.84. The van der Waals surface area contributed by atoms with Crippen LogP contribution in [0.2, 0.25) is 0 Å². The minimum Gasteiger partial charge on any atom is -0.357 e. The fourth-order valence-corrected chi connectivity index (χ4v) is 2.60. The summed E-state index contributed by atoms with van der Waals surface area (Å²) in [5.74, 6) is 0.576. The van der Waals surface area contributed by atoms with Gasteiger partial charge in [-0.15, -0.1) is 24.0 Å². The molecule has 0 aliphatic heterocycles. The molecule has 0 bridgehead atoms. The van der Waals surface area contributed by atoms with Crippen molar-refractivity contribution in [3.63, 3.8) is 0 Å². The van der Waals surface area contributed by atoms with E-state index in [1.165, 1.54) is 0 Å². The van der Waals surface area contributed by atoms with E-state index < -0.39 is 0 Å². The molecule has 0 saturated heterocycles. The lowest BCUT2D eigenvalue weighted by molar-refractivity contribution is -0.121. The molecule has 8 heteroatoms. The molecule has 0 atom stereocenters. The Bertz CT molecular complexity index is 750. The molecule has 1 amide bonds. The molecule has 27 heavy (non-hydrogen) atoms. The molecule has 2 rings (SSSR count). The molecule has 0 aliphatic rings. The Kier molecular flexibility index (Phi) is 9.54. The van der Waals surface area contributed by atoms with Crippen molar-refractivity contribution in [1.82, 2.24) is 25.5 Å². The molecule has 0 fully saturated rings. The monoisotopic (exact) mass is 486 g/mol. The van der Waals surface area contributed by atoms with E-state index in [2.05, 4.69) is 36.6 Å². The highest BCUT2D eigenvalue weighted by molar-refractivity contribution is 14.0. The SMILES string of the molecule is CCNC(=NCC(=O)NC(C)(C)C)NCCCn1cnc2ccccc21.I. The Balaban J connectivity index is 0.00000364. The summed E-state index contributed by atoms with van der Waals surface area (Å²) >= 11 is 0. The van der Waals surface area contributed by atoms with Crippen molar-refractivity contribution in [3.05, 3.63) is 30.6 Å². The Labute approximate surface area is 178 Å². The van der Waals surface area contributed by atoms with E-state index in [0.717, 1.165) is 37.1 Å². The molecule has 1 heterocycles. The third kappa shape index (κ3) is 8.15. The summed E-state index contributed by atoms with van der Waals surface area (Å²) in [6, 6.07) is 8.12. The van der Waals surface area contributed by atoms with Crippen LogP contribution in [0.25, 0.3) is 11.0 Å². The van der Waals surface area contributed by atoms with Crippen molar-refractivity contribution in [1.29, 1.82) is 0 Å². The van der Waals surface area contributed by atoms with E-state index in [9.17, 15) is 4.79 Å². The molecule has 3 N–H and O–H groups in total. The predicted molar refractivity (Wildman–Crippen MR) is 122 cm³/mol. The largest absolute Gasteiger partial charge is 0.357 e. The van der Waals surface area contributed by atoms with Gasteiger partial charge in [-0.3, -0.25) is 4.79 Å². The van der Waals surface area contributed by atoms with Crippen LogP contribution in [-0.2, 0) is 11.3 Å². The molecule has 0 aliphatic carbocycles. The molecule has 2 aromatic rings. The van der Waals surface area contributed by atoms with Crippen molar-refractivity contribution >= 4 is 46.9 Å². The number of hydrogen-bond donors (Lipinski definition) is 3. The minimum atomic E-state index is -0.244. The quantitative estimate of drug-likeness (QED) is 0.243. The maximum absolute atomic E-state index is 11.9. The number of nitrogens with zero attached hydrogens (tertiary/aromatic N) is 3. The van der Waals surface area contributed by atoms with E-state index in [4.69, 9.17) is 0 Å². The second kappa shape index (κ2) is 11.1. The lowest BCUT2D eigenvalue weighted by Gasteiger charge is -2.20. The second-order valence-electron chi connectivity index (χ2n) is 7.20. The van der Waals surface area contributed by atoms with Crippen molar-refractivity contribution < 1.29 is 4.79 Å². The lowest BCUT2D eigenvalue weighted by atomic mass is 10.1. The van der Waals surface area contributed by atoms with Gasteiger partial charge in [0.2, 0.25) is 5.91 Å². The maximum atomic E-state index is 11.9. The number of halogens is 1. The number of aromatic nitrogens is 2. The number of rotatable bonds is 7. The molecular formula is C19H31IN6O. The topological polar surface area (TPSA) is 83.3 Å². The number of imidazole rings is 1. The maximum Gasteiger partial charge on any atom is 0.242 e. The molecule has 150 valence electrons. The molecular weight excluding hydrogens is 455 g/mol. The van der Waals surface area contributed by atoms with Crippen LogP contribution in [0.1, 0.15) is 34.1 Å². The number of fused-ring (bicyclic) bond motifs is 1. The summed E-state index contributed by atoms with van der Waals surface area (Å²) in [5.41, 5.74) is 1.92. The fraction of sp³-hybridized carbons (Fsp3) is 0.526. The van der Waals surface area contributed by atoms with E-state index in [0.29, 0.717) is 5.96 Å². The van der Waals surface area contributed by atoms with Crippen LogP contribution in [0.4, 0.5) is 0 Å². The highest BCUT2D eigenvalue weighted by atomic mass is 127. The average Bonchev–Trinajstić information content (AvgIpc) is 2.98. The number of aliphatic imine (C=N–C) groups is 1. The molecule has 0 spiro atoms. The van der Waals surface area contributed by atoms with Crippen LogP contribution in [0, 0.1) is 0 Å². The van der Waals surface area contributed by atoms with Crippen molar-refractivity contribution in [2.75, 3.05) is 19.6 Å². The molecule has 0 radical (unpaired) electrons.